The highest BCUT2D eigenvalue weighted by atomic mass is 32.2. The molecular weight excluding hydrogens is 308 g/mol. The highest BCUT2D eigenvalue weighted by Gasteiger charge is 2.16. The summed E-state index contributed by atoms with van der Waals surface area (Å²) < 4.78 is 0. The van der Waals surface area contributed by atoms with Crippen molar-refractivity contribution in [1.29, 1.82) is 0 Å². The molecule has 1 amide bonds. The SMILES string of the molecule is CSCCCCCCNC(=NCC(=O)N(C)C)NC1CCCC1. The Morgan fingerprint density at radius 3 is 2.52 bits per heavy atom. The Morgan fingerprint density at radius 2 is 1.87 bits per heavy atom. The molecule has 1 rings (SSSR count). The number of carbonyl (C=O) groups is 1. The Labute approximate surface area is 146 Å². The van der Waals surface area contributed by atoms with Gasteiger partial charge in [0.05, 0.1) is 0 Å². The number of thioether (sulfide) groups is 1. The van der Waals surface area contributed by atoms with Gasteiger partial charge in [0.2, 0.25) is 5.91 Å². The van der Waals surface area contributed by atoms with Crippen LogP contribution in [0.4, 0.5) is 0 Å². The summed E-state index contributed by atoms with van der Waals surface area (Å²) in [5.41, 5.74) is 0. The number of guanidine groups is 1. The zero-order valence-electron chi connectivity index (χ0n) is 15.1. The quantitative estimate of drug-likeness (QED) is 0.364. The van der Waals surface area contributed by atoms with Gasteiger partial charge in [0.15, 0.2) is 5.96 Å². The van der Waals surface area contributed by atoms with Gasteiger partial charge < -0.3 is 15.5 Å². The molecule has 6 heteroatoms. The Hall–Kier alpha value is -0.910. The third-order valence-electron chi connectivity index (χ3n) is 4.13. The second-order valence-electron chi connectivity index (χ2n) is 6.41. The summed E-state index contributed by atoms with van der Waals surface area (Å²) >= 11 is 1.92. The van der Waals surface area contributed by atoms with Gasteiger partial charge in [-0.2, -0.15) is 11.8 Å². The van der Waals surface area contributed by atoms with Crippen molar-refractivity contribution < 1.29 is 4.79 Å². The molecule has 134 valence electrons. The van der Waals surface area contributed by atoms with E-state index in [4.69, 9.17) is 0 Å². The van der Waals surface area contributed by atoms with Crippen LogP contribution in [0.3, 0.4) is 0 Å². The minimum atomic E-state index is 0.0367. The van der Waals surface area contributed by atoms with Crippen LogP contribution < -0.4 is 10.6 Å². The van der Waals surface area contributed by atoms with Gasteiger partial charge in [-0.25, -0.2) is 4.99 Å². The van der Waals surface area contributed by atoms with Crippen LogP contribution in [0.1, 0.15) is 51.4 Å². The molecule has 0 heterocycles. The number of unbranched alkanes of at least 4 members (excludes halogenated alkanes) is 3. The van der Waals surface area contributed by atoms with Crippen LogP contribution in [0.2, 0.25) is 0 Å². The van der Waals surface area contributed by atoms with E-state index in [-0.39, 0.29) is 12.5 Å². The lowest BCUT2D eigenvalue weighted by Crippen LogP contribution is -2.43. The molecular formula is C17H34N4OS. The molecule has 0 radical (unpaired) electrons. The van der Waals surface area contributed by atoms with Crippen LogP contribution >= 0.6 is 11.8 Å². The number of nitrogens with zero attached hydrogens (tertiary/aromatic N) is 2. The van der Waals surface area contributed by atoms with Crippen LogP contribution in [0, 0.1) is 0 Å². The molecule has 1 fully saturated rings. The Balaban J connectivity index is 2.31. The maximum absolute atomic E-state index is 11.7. The Morgan fingerprint density at radius 1 is 1.17 bits per heavy atom. The van der Waals surface area contributed by atoms with E-state index in [9.17, 15) is 4.79 Å². The number of likely N-dealkylation sites (N-methyl/N-ethyl adjacent to an activating group) is 1. The molecule has 0 spiro atoms. The third-order valence-corrected chi connectivity index (χ3v) is 4.83. The van der Waals surface area contributed by atoms with Gasteiger partial charge in [0, 0.05) is 26.7 Å². The minimum absolute atomic E-state index is 0.0367. The second-order valence-corrected chi connectivity index (χ2v) is 7.40. The number of hydrogen-bond acceptors (Lipinski definition) is 3. The number of carbonyl (C=O) groups excluding carboxylic acids is 1. The highest BCUT2D eigenvalue weighted by molar-refractivity contribution is 7.98. The van der Waals surface area contributed by atoms with Gasteiger partial charge in [-0.1, -0.05) is 25.7 Å². The maximum atomic E-state index is 11.7. The molecule has 0 aromatic heterocycles. The van der Waals surface area contributed by atoms with Crippen molar-refractivity contribution in [1.82, 2.24) is 15.5 Å². The van der Waals surface area contributed by atoms with E-state index in [2.05, 4.69) is 21.9 Å². The van der Waals surface area contributed by atoms with Crippen molar-refractivity contribution in [3.8, 4) is 0 Å². The lowest BCUT2D eigenvalue weighted by molar-refractivity contribution is -0.127. The average Bonchev–Trinajstić information content (AvgIpc) is 3.03. The summed E-state index contributed by atoms with van der Waals surface area (Å²) in [6.45, 7) is 1.14. The summed E-state index contributed by atoms with van der Waals surface area (Å²) in [6, 6.07) is 0.511. The predicted octanol–water partition coefficient (Wildman–Crippen LogP) is 2.48. The topological polar surface area (TPSA) is 56.7 Å². The molecule has 1 saturated carbocycles. The van der Waals surface area contributed by atoms with Crippen LogP contribution in [-0.4, -0.2) is 62.0 Å². The average molecular weight is 343 g/mol. The summed E-state index contributed by atoms with van der Waals surface area (Å²) in [5.74, 6) is 2.10. The zero-order valence-corrected chi connectivity index (χ0v) is 15.9. The molecule has 2 N–H and O–H groups in total. The maximum Gasteiger partial charge on any atom is 0.243 e. The van der Waals surface area contributed by atoms with Gasteiger partial charge in [-0.15, -0.1) is 0 Å². The van der Waals surface area contributed by atoms with Gasteiger partial charge in [-0.3, -0.25) is 4.79 Å². The van der Waals surface area contributed by atoms with Gasteiger partial charge in [0.25, 0.3) is 0 Å². The van der Waals surface area contributed by atoms with E-state index in [0.29, 0.717) is 6.04 Å². The molecule has 1 aliphatic rings. The Bertz CT molecular complexity index is 355. The first kappa shape index (κ1) is 20.1. The Kier molecular flexibility index (Phi) is 10.9. The van der Waals surface area contributed by atoms with Gasteiger partial charge in [-0.05, 0) is 37.7 Å². The van der Waals surface area contributed by atoms with Gasteiger partial charge >= 0.3 is 0 Å². The van der Waals surface area contributed by atoms with Crippen molar-refractivity contribution >= 4 is 23.6 Å². The van der Waals surface area contributed by atoms with E-state index in [1.54, 1.807) is 19.0 Å². The first-order valence-corrected chi connectivity index (χ1v) is 10.3. The monoisotopic (exact) mass is 342 g/mol. The first-order chi connectivity index (χ1) is 11.1. The van der Waals surface area contributed by atoms with E-state index in [1.807, 2.05) is 11.8 Å². The molecule has 0 saturated heterocycles. The smallest absolute Gasteiger partial charge is 0.243 e. The lowest BCUT2D eigenvalue weighted by Gasteiger charge is -2.18. The van der Waals surface area contributed by atoms with Crippen LogP contribution in [-0.2, 0) is 4.79 Å². The zero-order chi connectivity index (χ0) is 16.9. The summed E-state index contributed by atoms with van der Waals surface area (Å²) in [4.78, 5) is 17.8. The molecule has 0 atom stereocenters. The molecule has 5 nitrogen and oxygen atoms in total. The number of nitrogens with one attached hydrogen (secondary N) is 2. The van der Waals surface area contributed by atoms with Crippen molar-refractivity contribution in [2.24, 2.45) is 4.99 Å². The van der Waals surface area contributed by atoms with Crippen molar-refractivity contribution in [3.05, 3.63) is 0 Å². The third kappa shape index (κ3) is 9.74. The summed E-state index contributed by atoms with van der Waals surface area (Å²) in [6.07, 6.45) is 12.2. The molecule has 1 aliphatic carbocycles. The second kappa shape index (κ2) is 12.5. The van der Waals surface area contributed by atoms with Crippen molar-refractivity contribution in [2.75, 3.05) is 39.2 Å². The highest BCUT2D eigenvalue weighted by Crippen LogP contribution is 2.17. The van der Waals surface area contributed by atoms with E-state index in [0.717, 1.165) is 18.9 Å². The van der Waals surface area contributed by atoms with Gasteiger partial charge in [0.1, 0.15) is 6.54 Å². The molecule has 0 aromatic carbocycles. The minimum Gasteiger partial charge on any atom is -0.356 e. The van der Waals surface area contributed by atoms with E-state index in [1.165, 1.54) is 50.7 Å². The largest absolute Gasteiger partial charge is 0.356 e. The van der Waals surface area contributed by atoms with Crippen LogP contribution in [0.15, 0.2) is 4.99 Å². The number of aliphatic imine (C=N–C) groups is 1. The number of rotatable bonds is 10. The fourth-order valence-electron chi connectivity index (χ4n) is 2.64. The number of amides is 1. The van der Waals surface area contributed by atoms with E-state index >= 15 is 0 Å². The molecule has 0 bridgehead atoms. The van der Waals surface area contributed by atoms with Crippen molar-refractivity contribution in [2.45, 2.75) is 57.4 Å². The number of hydrogen-bond donors (Lipinski definition) is 2. The predicted molar refractivity (Wildman–Crippen MR) is 101 cm³/mol. The first-order valence-electron chi connectivity index (χ1n) is 8.87. The summed E-state index contributed by atoms with van der Waals surface area (Å²) in [5, 5.41) is 6.88. The van der Waals surface area contributed by atoms with E-state index < -0.39 is 0 Å². The molecule has 0 unspecified atom stereocenters. The molecule has 0 aliphatic heterocycles. The normalized spacial score (nSPS) is 15.7. The lowest BCUT2D eigenvalue weighted by atomic mass is 10.2. The molecule has 23 heavy (non-hydrogen) atoms. The fourth-order valence-corrected chi connectivity index (χ4v) is 3.13. The summed E-state index contributed by atoms with van der Waals surface area (Å²) in [7, 11) is 3.54. The van der Waals surface area contributed by atoms with Crippen LogP contribution in [0.5, 0.6) is 0 Å². The van der Waals surface area contributed by atoms with Crippen LogP contribution in [0.25, 0.3) is 0 Å². The fraction of sp³-hybridized carbons (Fsp3) is 0.882. The van der Waals surface area contributed by atoms with Crippen molar-refractivity contribution in [3.63, 3.8) is 0 Å². The molecule has 0 aromatic rings. The standard InChI is InChI=1S/C17H34N4OS/c1-21(2)16(22)14-19-17(20-15-10-6-7-11-15)18-12-8-4-5-9-13-23-3/h15H,4-14H2,1-3H3,(H2,18,19,20).